The summed E-state index contributed by atoms with van der Waals surface area (Å²) < 4.78 is 0. The molecule has 1 aliphatic heterocycles. The Morgan fingerprint density at radius 3 is 2.58 bits per heavy atom. The maximum atomic E-state index is 12.8. The molecule has 1 aliphatic rings. The van der Waals surface area contributed by atoms with Crippen LogP contribution in [0.15, 0.2) is 18.2 Å². The van der Waals surface area contributed by atoms with Crippen LogP contribution in [0.25, 0.3) is 11.6 Å². The number of hydrogen-bond donors (Lipinski definition) is 4. The van der Waals surface area contributed by atoms with Gasteiger partial charge in [0.05, 0.1) is 11.1 Å². The van der Waals surface area contributed by atoms with E-state index in [2.05, 4.69) is 39.7 Å². The van der Waals surface area contributed by atoms with Crippen molar-refractivity contribution in [3.63, 3.8) is 0 Å². The quantitative estimate of drug-likeness (QED) is 0.332. The molecule has 3 amide bonds. The summed E-state index contributed by atoms with van der Waals surface area (Å²) in [5.41, 5.74) is 5.11. The van der Waals surface area contributed by atoms with Gasteiger partial charge >= 0.3 is 0 Å². The van der Waals surface area contributed by atoms with E-state index in [1.807, 2.05) is 13.8 Å². The van der Waals surface area contributed by atoms with Gasteiger partial charge in [-0.3, -0.25) is 14.4 Å². The molecule has 2 aromatic rings. The number of benzene rings is 1. The topological polar surface area (TPSA) is 106 Å². The molecule has 0 spiro atoms. The predicted molar refractivity (Wildman–Crippen MR) is 133 cm³/mol. The lowest BCUT2D eigenvalue weighted by Crippen LogP contribution is -2.35. The monoisotopic (exact) mass is 471 g/mol. The number of nitrogens with zero attached hydrogens (tertiary/aromatic N) is 1. The summed E-state index contributed by atoms with van der Waals surface area (Å²) in [7, 11) is 0. The van der Waals surface area contributed by atoms with Gasteiger partial charge in [0.2, 0.25) is 5.91 Å². The van der Waals surface area contributed by atoms with Gasteiger partial charge in [0, 0.05) is 41.4 Å². The van der Waals surface area contributed by atoms with Crippen LogP contribution < -0.4 is 16.0 Å². The van der Waals surface area contributed by atoms with Gasteiger partial charge in [-0.25, -0.2) is 0 Å². The van der Waals surface area contributed by atoms with Crippen molar-refractivity contribution in [2.24, 2.45) is 0 Å². The first-order valence-corrected chi connectivity index (χ1v) is 11.5. The number of aromatic amines is 1. The second-order valence-corrected chi connectivity index (χ2v) is 8.17. The number of rotatable bonds is 9. The molecule has 0 radical (unpaired) electrons. The average molecular weight is 472 g/mol. The Kier molecular flexibility index (Phi) is 7.94. The van der Waals surface area contributed by atoms with E-state index in [0.717, 1.165) is 30.9 Å². The van der Waals surface area contributed by atoms with Crippen LogP contribution in [0.1, 0.15) is 46.7 Å². The van der Waals surface area contributed by atoms with Gasteiger partial charge in [-0.05, 0) is 56.8 Å². The summed E-state index contributed by atoms with van der Waals surface area (Å²) in [6, 6.07) is 5.17. The fraction of sp³-hybridized carbons (Fsp3) is 0.375. The molecule has 3 rings (SSSR count). The average Bonchev–Trinajstić information content (AvgIpc) is 3.25. The zero-order valence-electron chi connectivity index (χ0n) is 19.4. The zero-order chi connectivity index (χ0) is 24.1. The lowest BCUT2D eigenvalue weighted by Gasteiger charge is -2.18. The first-order valence-electron chi connectivity index (χ1n) is 11.0. The first-order chi connectivity index (χ1) is 15.8. The Labute approximate surface area is 198 Å². The van der Waals surface area contributed by atoms with E-state index >= 15 is 0 Å². The normalized spacial score (nSPS) is 13.9. The molecule has 0 aliphatic carbocycles. The zero-order valence-corrected chi connectivity index (χ0v) is 20.2. The molecule has 4 N–H and O–H groups in total. The second-order valence-electron chi connectivity index (χ2n) is 7.90. The van der Waals surface area contributed by atoms with E-state index in [4.69, 9.17) is 11.6 Å². The summed E-state index contributed by atoms with van der Waals surface area (Å²) in [4.78, 5) is 42.6. The van der Waals surface area contributed by atoms with Crippen LogP contribution in [-0.2, 0) is 9.59 Å². The summed E-state index contributed by atoms with van der Waals surface area (Å²) in [5, 5.41) is 8.52. The summed E-state index contributed by atoms with van der Waals surface area (Å²) >= 11 is 5.57. The van der Waals surface area contributed by atoms with Crippen LogP contribution in [0.5, 0.6) is 0 Å². The molecule has 1 aromatic heterocycles. The van der Waals surface area contributed by atoms with Gasteiger partial charge in [-0.1, -0.05) is 13.8 Å². The fourth-order valence-electron chi connectivity index (χ4n) is 3.96. The van der Waals surface area contributed by atoms with Gasteiger partial charge in [0.1, 0.15) is 5.88 Å². The Morgan fingerprint density at radius 2 is 1.91 bits per heavy atom. The molecule has 9 heteroatoms. The van der Waals surface area contributed by atoms with Crippen molar-refractivity contribution in [3.05, 3.63) is 46.3 Å². The first kappa shape index (κ1) is 24.5. The Morgan fingerprint density at radius 1 is 1.18 bits per heavy atom. The van der Waals surface area contributed by atoms with Crippen molar-refractivity contribution in [1.82, 2.24) is 15.2 Å². The molecule has 1 aromatic carbocycles. The van der Waals surface area contributed by atoms with Crippen LogP contribution >= 0.6 is 11.6 Å². The number of fused-ring (bicyclic) bond motifs is 1. The van der Waals surface area contributed by atoms with E-state index in [9.17, 15) is 14.4 Å². The smallest absolute Gasteiger partial charge is 0.256 e. The number of anilines is 2. The fourth-order valence-corrected chi connectivity index (χ4v) is 4.03. The van der Waals surface area contributed by atoms with Crippen LogP contribution in [0.3, 0.4) is 0 Å². The minimum atomic E-state index is -0.327. The summed E-state index contributed by atoms with van der Waals surface area (Å²) in [6.45, 7) is 11.1. The lowest BCUT2D eigenvalue weighted by atomic mass is 10.0. The van der Waals surface area contributed by atoms with E-state index in [0.29, 0.717) is 40.3 Å². The minimum Gasteiger partial charge on any atom is -0.358 e. The Bertz CT molecular complexity index is 1100. The number of carbonyl (C=O) groups is 3. The molecule has 0 bridgehead atoms. The van der Waals surface area contributed by atoms with Gasteiger partial charge in [-0.2, -0.15) is 0 Å². The van der Waals surface area contributed by atoms with Crippen LogP contribution in [-0.4, -0.2) is 59.7 Å². The van der Waals surface area contributed by atoms with Crippen molar-refractivity contribution in [2.75, 3.05) is 42.7 Å². The number of halogens is 1. The van der Waals surface area contributed by atoms with Crippen molar-refractivity contribution in [3.8, 4) is 0 Å². The number of H-pyrrole nitrogens is 1. The molecular formula is C24H30ClN5O3. The van der Waals surface area contributed by atoms with Gasteiger partial charge in [0.25, 0.3) is 11.8 Å². The van der Waals surface area contributed by atoms with Crippen molar-refractivity contribution < 1.29 is 14.4 Å². The Balaban J connectivity index is 1.85. The molecule has 0 saturated heterocycles. The molecule has 0 fully saturated rings. The predicted octanol–water partition coefficient (Wildman–Crippen LogP) is 3.37. The highest BCUT2D eigenvalue weighted by molar-refractivity contribution is 6.35. The third kappa shape index (κ3) is 5.46. The van der Waals surface area contributed by atoms with Gasteiger partial charge in [0.15, 0.2) is 0 Å². The largest absolute Gasteiger partial charge is 0.358 e. The number of carbonyl (C=O) groups excluding carboxylic acids is 3. The molecule has 8 nitrogen and oxygen atoms in total. The maximum absolute atomic E-state index is 12.8. The molecular weight excluding hydrogens is 442 g/mol. The van der Waals surface area contributed by atoms with Crippen LogP contribution in [0, 0.1) is 13.8 Å². The lowest BCUT2D eigenvalue weighted by molar-refractivity contribution is -0.114. The van der Waals surface area contributed by atoms with Crippen LogP contribution in [0.4, 0.5) is 11.4 Å². The molecule has 0 atom stereocenters. The molecule has 33 heavy (non-hydrogen) atoms. The second kappa shape index (κ2) is 10.7. The van der Waals surface area contributed by atoms with Crippen molar-refractivity contribution in [1.29, 1.82) is 0 Å². The number of likely N-dealkylation sites (N-methyl/N-ethyl adjacent to an activating group) is 1. The number of aromatic nitrogens is 1. The number of amides is 3. The van der Waals surface area contributed by atoms with E-state index in [1.165, 1.54) is 0 Å². The minimum absolute atomic E-state index is 0.139. The van der Waals surface area contributed by atoms with Gasteiger partial charge < -0.3 is 25.8 Å². The van der Waals surface area contributed by atoms with Crippen molar-refractivity contribution in [2.45, 2.75) is 27.7 Å². The summed E-state index contributed by atoms with van der Waals surface area (Å²) in [6.07, 6.45) is 1.74. The van der Waals surface area contributed by atoms with Gasteiger partial charge in [-0.15, -0.1) is 11.6 Å². The van der Waals surface area contributed by atoms with Crippen molar-refractivity contribution >= 4 is 52.3 Å². The standard InChI is InChI=1S/C24H30ClN5O3/c1-5-30(6-2)10-9-26-24(33)22-14(3)20(27-15(22)4)12-18-17-11-16(28-21(31)13-25)7-8-19(17)29-23(18)32/h7-8,11-12,27H,5-6,9-10,13H2,1-4H3,(H,26,33)(H,28,31)(H,29,32)/b18-12-. The third-order valence-electron chi connectivity index (χ3n) is 5.81. The number of aryl methyl sites for hydroxylation is 1. The number of hydrogen-bond acceptors (Lipinski definition) is 4. The maximum Gasteiger partial charge on any atom is 0.256 e. The van der Waals surface area contributed by atoms with E-state index in [-0.39, 0.29) is 23.6 Å². The molecule has 2 heterocycles. The highest BCUT2D eigenvalue weighted by Crippen LogP contribution is 2.35. The highest BCUT2D eigenvalue weighted by atomic mass is 35.5. The molecule has 0 unspecified atom stereocenters. The third-order valence-corrected chi connectivity index (χ3v) is 6.05. The number of nitrogens with one attached hydrogen (secondary N) is 4. The summed E-state index contributed by atoms with van der Waals surface area (Å²) in [5.74, 6) is -0.868. The number of alkyl halides is 1. The molecule has 176 valence electrons. The SMILES string of the molecule is CCN(CC)CCNC(=O)c1c(C)[nH]c(/C=C2\C(=O)Nc3ccc(NC(=O)CCl)cc32)c1C. The van der Waals surface area contributed by atoms with E-state index < -0.39 is 0 Å². The van der Waals surface area contributed by atoms with E-state index in [1.54, 1.807) is 24.3 Å². The molecule has 0 saturated carbocycles. The highest BCUT2D eigenvalue weighted by Gasteiger charge is 2.26. The van der Waals surface area contributed by atoms with Crippen LogP contribution in [0.2, 0.25) is 0 Å². The Hall–Kier alpha value is -3.10.